The lowest BCUT2D eigenvalue weighted by Gasteiger charge is -2.31. The molecule has 0 unspecified atom stereocenters. The molecule has 0 radical (unpaired) electrons. The van der Waals surface area contributed by atoms with E-state index in [4.69, 9.17) is 4.74 Å². The number of aryl methyl sites for hydroxylation is 1. The fourth-order valence-corrected chi connectivity index (χ4v) is 3.23. The van der Waals surface area contributed by atoms with Crippen LogP contribution in [0.25, 0.3) is 0 Å². The molecular weight excluding hydrogens is 352 g/mol. The third-order valence-corrected chi connectivity index (χ3v) is 5.11. The van der Waals surface area contributed by atoms with E-state index in [1.54, 1.807) is 0 Å². The van der Waals surface area contributed by atoms with Crippen molar-refractivity contribution in [3.05, 3.63) is 53.7 Å². The smallest absolute Gasteiger partial charge is 0.315 e. The Bertz CT molecular complexity index is 755. The molecule has 1 aliphatic heterocycles. The largest absolute Gasteiger partial charge is 0.491 e. The van der Waals surface area contributed by atoms with E-state index in [9.17, 15) is 4.79 Å². The van der Waals surface area contributed by atoms with E-state index in [1.807, 2.05) is 49.5 Å². The van der Waals surface area contributed by atoms with E-state index >= 15 is 0 Å². The molecule has 0 aliphatic carbocycles. The molecule has 3 rings (SSSR count). The zero-order valence-corrected chi connectivity index (χ0v) is 16.8. The maximum atomic E-state index is 11.9. The van der Waals surface area contributed by atoms with Crippen LogP contribution in [-0.2, 0) is 6.54 Å². The Labute approximate surface area is 167 Å². The first-order valence-corrected chi connectivity index (χ1v) is 10.0. The number of carbonyl (C=O) groups is 1. The van der Waals surface area contributed by atoms with Gasteiger partial charge in [0.2, 0.25) is 0 Å². The van der Waals surface area contributed by atoms with Gasteiger partial charge in [-0.3, -0.25) is 0 Å². The highest BCUT2D eigenvalue weighted by Gasteiger charge is 2.16. The Morgan fingerprint density at radius 2 is 1.96 bits per heavy atom. The fourth-order valence-electron chi connectivity index (χ4n) is 3.23. The average Bonchev–Trinajstić information content (AvgIpc) is 2.72. The van der Waals surface area contributed by atoms with E-state index in [0.717, 1.165) is 41.7 Å². The second kappa shape index (κ2) is 9.97. The van der Waals surface area contributed by atoms with E-state index in [-0.39, 0.29) is 6.03 Å². The van der Waals surface area contributed by atoms with Crippen molar-refractivity contribution >= 4 is 11.8 Å². The number of hydrogen-bond acceptors (Lipinski definition) is 4. The van der Waals surface area contributed by atoms with Gasteiger partial charge in [0.25, 0.3) is 0 Å². The number of amides is 2. The number of ether oxygens (including phenoxy) is 1. The number of urea groups is 1. The van der Waals surface area contributed by atoms with Gasteiger partial charge in [0.1, 0.15) is 18.2 Å². The Balaban J connectivity index is 1.34. The van der Waals surface area contributed by atoms with Crippen molar-refractivity contribution in [3.63, 3.8) is 0 Å². The van der Waals surface area contributed by atoms with Crippen molar-refractivity contribution in [2.45, 2.75) is 33.2 Å². The molecule has 1 aliphatic rings. The fraction of sp³-hybridized carbons (Fsp3) is 0.455. The molecule has 2 aromatic rings. The monoisotopic (exact) mass is 382 g/mol. The lowest BCUT2D eigenvalue weighted by molar-refractivity contribution is 0.236. The number of hydrogen-bond donors (Lipinski definition) is 2. The van der Waals surface area contributed by atoms with Crippen LogP contribution < -0.4 is 20.3 Å². The van der Waals surface area contributed by atoms with Crippen LogP contribution in [0.15, 0.2) is 42.6 Å². The van der Waals surface area contributed by atoms with Crippen molar-refractivity contribution in [1.29, 1.82) is 0 Å². The van der Waals surface area contributed by atoms with Gasteiger partial charge in [-0.2, -0.15) is 0 Å². The van der Waals surface area contributed by atoms with Gasteiger partial charge in [0.05, 0.1) is 6.54 Å². The first-order valence-electron chi connectivity index (χ1n) is 10.0. The summed E-state index contributed by atoms with van der Waals surface area (Å²) >= 11 is 0. The summed E-state index contributed by atoms with van der Waals surface area (Å²) in [6, 6.07) is 11.7. The lowest BCUT2D eigenvalue weighted by atomic mass is 9.99. The van der Waals surface area contributed by atoms with Gasteiger partial charge >= 0.3 is 6.03 Å². The average molecular weight is 383 g/mol. The number of carbonyl (C=O) groups excluding carboxylic acids is 1. The summed E-state index contributed by atoms with van der Waals surface area (Å²) in [6.07, 6.45) is 4.28. The van der Waals surface area contributed by atoms with E-state index in [0.29, 0.717) is 19.7 Å². The summed E-state index contributed by atoms with van der Waals surface area (Å²) in [7, 11) is 0. The summed E-state index contributed by atoms with van der Waals surface area (Å²) in [4.78, 5) is 18.8. The molecule has 0 saturated carbocycles. The number of piperidine rings is 1. The second-order valence-electron chi connectivity index (χ2n) is 7.42. The SMILES string of the molecule is Cc1ccccc1OCCNC(=O)NCc1ccc(N2CCC(C)CC2)nc1. The minimum atomic E-state index is -0.206. The van der Waals surface area contributed by atoms with Gasteiger partial charge < -0.3 is 20.3 Å². The summed E-state index contributed by atoms with van der Waals surface area (Å²) in [5, 5.41) is 5.66. The predicted molar refractivity (Wildman–Crippen MR) is 112 cm³/mol. The zero-order valence-electron chi connectivity index (χ0n) is 16.8. The number of aromatic nitrogens is 1. The molecule has 1 fully saturated rings. The number of rotatable bonds is 7. The number of anilines is 1. The molecule has 6 heteroatoms. The molecule has 0 spiro atoms. The maximum Gasteiger partial charge on any atom is 0.315 e. The van der Waals surface area contributed by atoms with Gasteiger partial charge in [-0.1, -0.05) is 31.2 Å². The number of nitrogens with one attached hydrogen (secondary N) is 2. The van der Waals surface area contributed by atoms with E-state index < -0.39 is 0 Å². The van der Waals surface area contributed by atoms with Crippen LogP contribution in [0.2, 0.25) is 0 Å². The van der Waals surface area contributed by atoms with Crippen LogP contribution in [0.3, 0.4) is 0 Å². The molecule has 6 nitrogen and oxygen atoms in total. The highest BCUT2D eigenvalue weighted by atomic mass is 16.5. The molecule has 0 bridgehead atoms. The normalized spacial score (nSPS) is 14.6. The minimum absolute atomic E-state index is 0.206. The van der Waals surface area contributed by atoms with Crippen LogP contribution >= 0.6 is 0 Å². The Morgan fingerprint density at radius 3 is 2.68 bits per heavy atom. The topological polar surface area (TPSA) is 66.5 Å². The summed E-state index contributed by atoms with van der Waals surface area (Å²) in [6.45, 7) is 7.78. The van der Waals surface area contributed by atoms with Crippen molar-refractivity contribution in [1.82, 2.24) is 15.6 Å². The molecule has 28 heavy (non-hydrogen) atoms. The quantitative estimate of drug-likeness (QED) is 0.719. The van der Waals surface area contributed by atoms with Crippen LogP contribution in [0.5, 0.6) is 5.75 Å². The van der Waals surface area contributed by atoms with Crippen molar-refractivity contribution in [2.24, 2.45) is 5.92 Å². The van der Waals surface area contributed by atoms with Crippen LogP contribution in [-0.4, -0.2) is 37.3 Å². The zero-order chi connectivity index (χ0) is 19.8. The van der Waals surface area contributed by atoms with Crippen LogP contribution in [0.1, 0.15) is 30.9 Å². The molecule has 2 heterocycles. The van der Waals surface area contributed by atoms with E-state index in [2.05, 4.69) is 27.4 Å². The molecule has 1 saturated heterocycles. The van der Waals surface area contributed by atoms with Crippen LogP contribution in [0.4, 0.5) is 10.6 Å². The Morgan fingerprint density at radius 1 is 1.18 bits per heavy atom. The second-order valence-corrected chi connectivity index (χ2v) is 7.42. The van der Waals surface area contributed by atoms with Gasteiger partial charge in [0, 0.05) is 25.8 Å². The third-order valence-electron chi connectivity index (χ3n) is 5.11. The first kappa shape index (κ1) is 20.0. The highest BCUT2D eigenvalue weighted by Crippen LogP contribution is 2.21. The van der Waals surface area contributed by atoms with Gasteiger partial charge in [-0.05, 0) is 48.9 Å². The molecule has 1 aromatic carbocycles. The molecule has 0 atom stereocenters. The summed E-state index contributed by atoms with van der Waals surface area (Å²) in [5.74, 6) is 2.67. The first-order chi connectivity index (χ1) is 13.6. The minimum Gasteiger partial charge on any atom is -0.491 e. The van der Waals surface area contributed by atoms with Crippen molar-refractivity contribution in [2.75, 3.05) is 31.1 Å². The Hall–Kier alpha value is -2.76. The maximum absolute atomic E-state index is 11.9. The molecular formula is C22H30N4O2. The van der Waals surface area contributed by atoms with Crippen molar-refractivity contribution in [3.8, 4) is 5.75 Å². The molecule has 2 amide bonds. The summed E-state index contributed by atoms with van der Waals surface area (Å²) in [5.41, 5.74) is 2.07. The lowest BCUT2D eigenvalue weighted by Crippen LogP contribution is -2.37. The highest BCUT2D eigenvalue weighted by molar-refractivity contribution is 5.73. The third kappa shape index (κ3) is 5.87. The molecule has 2 N–H and O–H groups in total. The van der Waals surface area contributed by atoms with E-state index in [1.165, 1.54) is 12.8 Å². The van der Waals surface area contributed by atoms with Crippen LogP contribution in [0, 0.1) is 12.8 Å². The number of para-hydroxylation sites is 1. The molecule has 1 aromatic heterocycles. The van der Waals surface area contributed by atoms with Gasteiger partial charge in [-0.25, -0.2) is 9.78 Å². The Kier molecular flexibility index (Phi) is 7.12. The number of nitrogens with zero attached hydrogens (tertiary/aromatic N) is 2. The predicted octanol–water partition coefficient (Wildman–Crippen LogP) is 3.50. The molecule has 150 valence electrons. The standard InChI is InChI=1S/C22H30N4O2/c1-17-9-12-26(13-10-17)21-8-7-19(15-24-21)16-25-22(27)23-11-14-28-20-6-4-3-5-18(20)2/h3-8,15,17H,9-14,16H2,1-2H3,(H2,23,25,27). The van der Waals surface area contributed by atoms with Crippen molar-refractivity contribution < 1.29 is 9.53 Å². The number of benzene rings is 1. The summed E-state index contributed by atoms with van der Waals surface area (Å²) < 4.78 is 5.67. The number of pyridine rings is 1. The van der Waals surface area contributed by atoms with Gasteiger partial charge in [0.15, 0.2) is 0 Å². The van der Waals surface area contributed by atoms with Gasteiger partial charge in [-0.15, -0.1) is 0 Å².